The number of carbonyl (C=O) groups is 4. The number of alkyl halides is 2. The van der Waals surface area contributed by atoms with Crippen molar-refractivity contribution in [3.05, 3.63) is 98.5 Å². The number of nitrogens with one attached hydrogen (secondary N) is 2. The van der Waals surface area contributed by atoms with Gasteiger partial charge in [0.25, 0.3) is 17.7 Å². The highest BCUT2D eigenvalue weighted by Crippen LogP contribution is 2.65. The number of rotatable bonds is 6. The first kappa shape index (κ1) is 28.5. The maximum absolute atomic E-state index is 13.1. The molecule has 40 heavy (non-hydrogen) atoms. The molecule has 0 aromatic heterocycles. The molecule has 1 heterocycles. The summed E-state index contributed by atoms with van der Waals surface area (Å²) in [7, 11) is 0. The van der Waals surface area contributed by atoms with E-state index in [-0.39, 0.29) is 10.6 Å². The van der Waals surface area contributed by atoms with Gasteiger partial charge in [-0.3, -0.25) is 19.2 Å². The minimum atomic E-state index is -1.37. The molecule has 5 rings (SSSR count). The van der Waals surface area contributed by atoms with Crippen molar-refractivity contribution in [2.45, 2.75) is 17.2 Å². The summed E-state index contributed by atoms with van der Waals surface area (Å²) in [4.78, 5) is 51.2. The smallest absolute Gasteiger partial charge is 0.258 e. The van der Waals surface area contributed by atoms with Gasteiger partial charge < -0.3 is 10.6 Å². The van der Waals surface area contributed by atoms with E-state index < -0.39 is 39.8 Å². The second-order valence-electron chi connectivity index (χ2n) is 9.32. The molecule has 0 bridgehead atoms. The molecule has 3 aromatic rings. The lowest BCUT2D eigenvalue weighted by Gasteiger charge is -2.17. The molecule has 2 atom stereocenters. The summed E-state index contributed by atoms with van der Waals surface area (Å²) in [6.07, 6.45) is 2.38. The number of aryl methyl sites for hydroxylation is 1. The van der Waals surface area contributed by atoms with Crippen molar-refractivity contribution in [2.75, 3.05) is 15.5 Å². The zero-order valence-electron chi connectivity index (χ0n) is 20.5. The fourth-order valence-corrected chi connectivity index (χ4v) is 6.17. The maximum Gasteiger partial charge on any atom is 0.258 e. The average Bonchev–Trinajstić information content (AvgIpc) is 3.31. The summed E-state index contributed by atoms with van der Waals surface area (Å²) in [5, 5.41) is 6.46. The van der Waals surface area contributed by atoms with Gasteiger partial charge in [0, 0.05) is 39.5 Å². The Bertz CT molecular complexity index is 1600. The van der Waals surface area contributed by atoms with E-state index in [2.05, 4.69) is 10.6 Å². The van der Waals surface area contributed by atoms with E-state index >= 15 is 0 Å². The molecule has 2 N–H and O–H groups in total. The standard InChI is InChI=1S/C28H18Cl5N3O4/c1-13-8-18(36-22(37)6-7-23(36)38)3-5-21(13)35-26(39)19-12-17(2-4-20(19)31)34-27(40)25-24(28(25,32)33)14-9-15(29)11-16(30)10-14/h2-12,24-25H,1H3,(H,34,40)(H,35,39)/t24-,25?/m1/s1. The zero-order chi connectivity index (χ0) is 28.9. The number of anilines is 3. The van der Waals surface area contributed by atoms with Gasteiger partial charge >= 0.3 is 0 Å². The fraction of sp³-hybridized carbons (Fsp3) is 0.143. The molecule has 1 aliphatic carbocycles. The normalized spacial score (nSPS) is 19.1. The van der Waals surface area contributed by atoms with Crippen LogP contribution in [0.1, 0.15) is 27.4 Å². The van der Waals surface area contributed by atoms with Crippen molar-refractivity contribution in [3.63, 3.8) is 0 Å². The number of carbonyl (C=O) groups excluding carboxylic acids is 4. The Morgan fingerprint density at radius 2 is 1.50 bits per heavy atom. The van der Waals surface area contributed by atoms with Gasteiger partial charge in [-0.05, 0) is 72.6 Å². The highest BCUT2D eigenvalue weighted by Gasteiger charge is 2.67. The first-order valence-corrected chi connectivity index (χ1v) is 13.7. The van der Waals surface area contributed by atoms with E-state index in [1.165, 1.54) is 24.3 Å². The summed E-state index contributed by atoms with van der Waals surface area (Å²) in [6.45, 7) is 1.72. The van der Waals surface area contributed by atoms with Crippen LogP contribution in [0.25, 0.3) is 0 Å². The van der Waals surface area contributed by atoms with Gasteiger partial charge in [-0.25, -0.2) is 4.90 Å². The van der Waals surface area contributed by atoms with Crippen LogP contribution in [0.2, 0.25) is 15.1 Å². The molecule has 1 fully saturated rings. The van der Waals surface area contributed by atoms with Crippen LogP contribution in [0.15, 0.2) is 66.7 Å². The van der Waals surface area contributed by atoms with Crippen LogP contribution < -0.4 is 15.5 Å². The predicted molar refractivity (Wildman–Crippen MR) is 158 cm³/mol. The maximum atomic E-state index is 13.1. The molecule has 3 aromatic carbocycles. The zero-order valence-corrected chi connectivity index (χ0v) is 24.3. The van der Waals surface area contributed by atoms with Crippen molar-refractivity contribution in [1.29, 1.82) is 0 Å². The second-order valence-corrected chi connectivity index (χ2v) is 12.0. The van der Waals surface area contributed by atoms with Crippen LogP contribution in [0.3, 0.4) is 0 Å². The van der Waals surface area contributed by atoms with Crippen molar-refractivity contribution in [3.8, 4) is 0 Å². The summed E-state index contributed by atoms with van der Waals surface area (Å²) < 4.78 is -1.37. The highest BCUT2D eigenvalue weighted by atomic mass is 35.5. The molecular weight excluding hydrogens is 620 g/mol. The van der Waals surface area contributed by atoms with E-state index in [0.29, 0.717) is 38.2 Å². The van der Waals surface area contributed by atoms with E-state index in [0.717, 1.165) is 4.90 Å². The van der Waals surface area contributed by atoms with Crippen molar-refractivity contribution >= 4 is 98.7 Å². The van der Waals surface area contributed by atoms with Gasteiger partial charge in [0.05, 0.1) is 22.2 Å². The number of imide groups is 1. The lowest BCUT2D eigenvalue weighted by Crippen LogP contribution is -2.29. The van der Waals surface area contributed by atoms with E-state index in [4.69, 9.17) is 58.0 Å². The lowest BCUT2D eigenvalue weighted by atomic mass is 10.1. The Kier molecular flexibility index (Phi) is 7.63. The molecule has 1 unspecified atom stereocenters. The molecule has 7 nitrogen and oxygen atoms in total. The first-order valence-electron chi connectivity index (χ1n) is 11.8. The monoisotopic (exact) mass is 635 g/mol. The molecule has 1 aliphatic heterocycles. The number of nitrogens with zero attached hydrogens (tertiary/aromatic N) is 1. The molecule has 0 radical (unpaired) electrons. The van der Waals surface area contributed by atoms with Crippen LogP contribution in [0.5, 0.6) is 0 Å². The fourth-order valence-electron chi connectivity index (χ4n) is 4.59. The summed E-state index contributed by atoms with van der Waals surface area (Å²) in [6, 6.07) is 14.1. The molecule has 12 heteroatoms. The van der Waals surface area contributed by atoms with Crippen molar-refractivity contribution in [1.82, 2.24) is 0 Å². The number of hydrogen-bond acceptors (Lipinski definition) is 4. The molecule has 2 aliphatic rings. The van der Waals surface area contributed by atoms with Gasteiger partial charge in [-0.15, -0.1) is 23.2 Å². The lowest BCUT2D eigenvalue weighted by molar-refractivity contribution is -0.120. The third-order valence-electron chi connectivity index (χ3n) is 6.58. The number of benzene rings is 3. The van der Waals surface area contributed by atoms with Gasteiger partial charge in [-0.1, -0.05) is 34.8 Å². The number of amides is 4. The van der Waals surface area contributed by atoms with E-state index in [1.807, 2.05) is 0 Å². The van der Waals surface area contributed by atoms with Crippen LogP contribution in [0.4, 0.5) is 17.1 Å². The Morgan fingerprint density at radius 3 is 2.12 bits per heavy atom. The Morgan fingerprint density at radius 1 is 0.850 bits per heavy atom. The van der Waals surface area contributed by atoms with Crippen LogP contribution >= 0.6 is 58.0 Å². The summed E-state index contributed by atoms with van der Waals surface area (Å²) >= 11 is 31.4. The average molecular weight is 638 g/mol. The molecule has 1 saturated carbocycles. The van der Waals surface area contributed by atoms with Gasteiger partial charge in [0.15, 0.2) is 0 Å². The Balaban J connectivity index is 1.30. The van der Waals surface area contributed by atoms with E-state index in [1.54, 1.807) is 49.4 Å². The van der Waals surface area contributed by atoms with Crippen LogP contribution in [0, 0.1) is 12.8 Å². The number of halogens is 5. The van der Waals surface area contributed by atoms with Crippen LogP contribution in [-0.4, -0.2) is 28.0 Å². The Hall–Kier alpha value is -3.07. The Labute approximate surface area is 254 Å². The predicted octanol–water partition coefficient (Wildman–Crippen LogP) is 7.16. The third-order valence-corrected chi connectivity index (χ3v) is 8.29. The number of hydrogen-bond donors (Lipinski definition) is 2. The van der Waals surface area contributed by atoms with Crippen molar-refractivity contribution < 1.29 is 19.2 Å². The first-order chi connectivity index (χ1) is 18.9. The molecule has 0 saturated heterocycles. The second kappa shape index (κ2) is 10.7. The minimum absolute atomic E-state index is 0.106. The van der Waals surface area contributed by atoms with Gasteiger partial charge in [-0.2, -0.15) is 0 Å². The van der Waals surface area contributed by atoms with Gasteiger partial charge in [0.2, 0.25) is 5.91 Å². The quantitative estimate of drug-likeness (QED) is 0.222. The van der Waals surface area contributed by atoms with Crippen LogP contribution in [-0.2, 0) is 14.4 Å². The van der Waals surface area contributed by atoms with Gasteiger partial charge in [0.1, 0.15) is 4.33 Å². The molecule has 204 valence electrons. The molecular formula is C28H18Cl5N3O4. The summed E-state index contributed by atoms with van der Waals surface area (Å²) in [5.74, 6) is -3.19. The minimum Gasteiger partial charge on any atom is -0.326 e. The molecule has 0 spiro atoms. The highest BCUT2D eigenvalue weighted by molar-refractivity contribution is 6.53. The van der Waals surface area contributed by atoms with E-state index in [9.17, 15) is 19.2 Å². The summed E-state index contributed by atoms with van der Waals surface area (Å²) in [5.41, 5.74) is 2.49. The topological polar surface area (TPSA) is 95.6 Å². The third kappa shape index (κ3) is 5.45. The SMILES string of the molecule is Cc1cc(N2C(=O)C=CC2=O)ccc1NC(=O)c1cc(NC(=O)C2[C@@H](c3cc(Cl)cc(Cl)c3)C2(Cl)Cl)ccc1Cl. The molecule has 4 amide bonds. The van der Waals surface area contributed by atoms with Crippen molar-refractivity contribution in [2.24, 2.45) is 5.92 Å². The largest absolute Gasteiger partial charge is 0.326 e.